The van der Waals surface area contributed by atoms with Gasteiger partial charge in [-0.1, -0.05) is 0 Å². The van der Waals surface area contributed by atoms with Crippen LogP contribution in [-0.4, -0.2) is 48.5 Å². The first-order valence-corrected chi connectivity index (χ1v) is 7.03. The van der Waals surface area contributed by atoms with Gasteiger partial charge in [0.2, 0.25) is 5.91 Å². The minimum atomic E-state index is -0.458. The molecule has 1 heterocycles. The van der Waals surface area contributed by atoms with Gasteiger partial charge in [-0.2, -0.15) is 0 Å². The first-order chi connectivity index (χ1) is 9.58. The van der Waals surface area contributed by atoms with Gasteiger partial charge in [-0.25, -0.2) is 0 Å². The molecule has 0 aliphatic carbocycles. The maximum atomic E-state index is 12.0. The van der Waals surface area contributed by atoms with Crippen molar-refractivity contribution < 1.29 is 9.72 Å². The maximum absolute atomic E-state index is 12.0. The molecule has 1 aliphatic rings. The average molecular weight is 343 g/mol. The summed E-state index contributed by atoms with van der Waals surface area (Å²) in [6.45, 7) is 3.22. The predicted octanol–water partition coefficient (Wildman–Crippen LogP) is 1.20. The van der Waals surface area contributed by atoms with E-state index in [-0.39, 0.29) is 18.1 Å². The predicted molar refractivity (Wildman–Crippen MR) is 78.7 cm³/mol. The Kier molecular flexibility index (Phi) is 4.91. The number of carbonyl (C=O) groups excluding carboxylic acids is 1. The first kappa shape index (κ1) is 14.7. The summed E-state index contributed by atoms with van der Waals surface area (Å²) < 4.78 is 0.569. The summed E-state index contributed by atoms with van der Waals surface area (Å²) in [6, 6.07) is 4.41. The van der Waals surface area contributed by atoms with Crippen molar-refractivity contribution in [3.8, 4) is 0 Å². The lowest BCUT2D eigenvalue weighted by molar-refractivity contribution is -0.384. The number of nitro groups is 1. The summed E-state index contributed by atoms with van der Waals surface area (Å²) in [4.78, 5) is 23.9. The second kappa shape index (κ2) is 6.67. The third-order valence-corrected chi connectivity index (χ3v) is 3.72. The Hall–Kier alpha value is -1.67. The molecule has 0 saturated carbocycles. The number of nitrogens with zero attached hydrogens (tertiary/aromatic N) is 2. The molecule has 1 amide bonds. The fourth-order valence-corrected chi connectivity index (χ4v) is 2.46. The van der Waals surface area contributed by atoms with Crippen LogP contribution in [0.5, 0.6) is 0 Å². The largest absolute Gasteiger partial charge is 0.375 e. The van der Waals surface area contributed by atoms with Crippen molar-refractivity contribution in [2.75, 3.05) is 38.0 Å². The fraction of sp³-hybridized carbons (Fsp3) is 0.417. The number of hydrogen-bond acceptors (Lipinski definition) is 5. The van der Waals surface area contributed by atoms with Gasteiger partial charge in [0.1, 0.15) is 0 Å². The Balaban J connectivity index is 1.93. The Morgan fingerprint density at radius 3 is 2.75 bits per heavy atom. The zero-order chi connectivity index (χ0) is 14.5. The van der Waals surface area contributed by atoms with Crippen molar-refractivity contribution in [3.05, 3.63) is 32.8 Å². The molecule has 1 aromatic carbocycles. The topological polar surface area (TPSA) is 87.5 Å². The molecular weight excluding hydrogens is 328 g/mol. The third-order valence-electron chi connectivity index (χ3n) is 3.06. The van der Waals surface area contributed by atoms with Crippen molar-refractivity contribution in [1.29, 1.82) is 0 Å². The van der Waals surface area contributed by atoms with E-state index in [0.717, 1.165) is 13.1 Å². The quantitative estimate of drug-likeness (QED) is 0.634. The highest BCUT2D eigenvalue weighted by Gasteiger charge is 2.16. The number of rotatable bonds is 4. The Morgan fingerprint density at radius 2 is 2.15 bits per heavy atom. The molecule has 1 aromatic rings. The van der Waals surface area contributed by atoms with Crippen LogP contribution in [0, 0.1) is 10.1 Å². The number of halogens is 1. The number of piperazine rings is 1. The summed E-state index contributed by atoms with van der Waals surface area (Å²) in [5, 5.41) is 16.8. The minimum absolute atomic E-state index is 0.0101. The van der Waals surface area contributed by atoms with E-state index in [4.69, 9.17) is 0 Å². The van der Waals surface area contributed by atoms with Crippen molar-refractivity contribution in [2.45, 2.75) is 0 Å². The lowest BCUT2D eigenvalue weighted by Gasteiger charge is -2.27. The highest BCUT2D eigenvalue weighted by atomic mass is 79.9. The number of nitro benzene ring substituents is 1. The molecule has 0 bridgehead atoms. The molecule has 1 fully saturated rings. The van der Waals surface area contributed by atoms with Gasteiger partial charge in [-0.3, -0.25) is 14.9 Å². The monoisotopic (exact) mass is 342 g/mol. The third kappa shape index (κ3) is 3.67. The highest BCUT2D eigenvalue weighted by Crippen LogP contribution is 2.26. The molecule has 1 aliphatic heterocycles. The van der Waals surface area contributed by atoms with Crippen molar-refractivity contribution in [3.63, 3.8) is 0 Å². The summed E-state index contributed by atoms with van der Waals surface area (Å²) in [5.74, 6) is 0.0248. The molecule has 20 heavy (non-hydrogen) atoms. The number of amides is 1. The highest BCUT2D eigenvalue weighted by molar-refractivity contribution is 9.10. The molecule has 1 saturated heterocycles. The lowest BCUT2D eigenvalue weighted by atomic mass is 10.3. The molecule has 7 nitrogen and oxygen atoms in total. The van der Waals surface area contributed by atoms with Gasteiger partial charge in [-0.15, -0.1) is 0 Å². The Labute approximate surface area is 124 Å². The van der Waals surface area contributed by atoms with E-state index < -0.39 is 4.92 Å². The molecule has 0 atom stereocenters. The van der Waals surface area contributed by atoms with E-state index in [1.807, 2.05) is 0 Å². The summed E-state index contributed by atoms with van der Waals surface area (Å²) in [7, 11) is 0. The van der Waals surface area contributed by atoms with Crippen LogP contribution in [-0.2, 0) is 4.79 Å². The van der Waals surface area contributed by atoms with Crippen LogP contribution in [0.25, 0.3) is 0 Å². The van der Waals surface area contributed by atoms with Crippen molar-refractivity contribution in [1.82, 2.24) is 10.2 Å². The second-order valence-corrected chi connectivity index (χ2v) is 5.26. The van der Waals surface area contributed by atoms with Gasteiger partial charge in [0.25, 0.3) is 5.69 Å². The van der Waals surface area contributed by atoms with Gasteiger partial charge in [0.05, 0.1) is 11.5 Å². The molecule has 2 rings (SSSR count). The minimum Gasteiger partial charge on any atom is -0.375 e. The van der Waals surface area contributed by atoms with E-state index >= 15 is 0 Å². The van der Waals surface area contributed by atoms with Gasteiger partial charge in [0, 0.05) is 48.5 Å². The Morgan fingerprint density at radius 1 is 1.45 bits per heavy atom. The van der Waals surface area contributed by atoms with Crippen molar-refractivity contribution in [2.24, 2.45) is 0 Å². The van der Waals surface area contributed by atoms with E-state index in [9.17, 15) is 14.9 Å². The van der Waals surface area contributed by atoms with E-state index in [2.05, 4.69) is 26.6 Å². The molecule has 0 radical (unpaired) electrons. The molecular formula is C12H15BrN4O3. The maximum Gasteiger partial charge on any atom is 0.270 e. The molecule has 0 unspecified atom stereocenters. The molecule has 2 N–H and O–H groups in total. The molecule has 0 spiro atoms. The second-order valence-electron chi connectivity index (χ2n) is 4.41. The number of carbonyl (C=O) groups is 1. The average Bonchev–Trinajstić information content (AvgIpc) is 2.46. The van der Waals surface area contributed by atoms with Crippen LogP contribution in [0.3, 0.4) is 0 Å². The van der Waals surface area contributed by atoms with Crippen LogP contribution >= 0.6 is 15.9 Å². The molecule has 0 aromatic heterocycles. The van der Waals surface area contributed by atoms with E-state index in [0.29, 0.717) is 23.2 Å². The standard InChI is InChI=1S/C12H15BrN4O3/c13-10-7-9(17(19)20)1-2-11(10)15-8-12(18)16-5-3-14-4-6-16/h1-2,7,14-15H,3-6,8H2. The van der Waals surface area contributed by atoms with Gasteiger partial charge in [-0.05, 0) is 22.0 Å². The summed E-state index contributed by atoms with van der Waals surface area (Å²) in [6.07, 6.45) is 0. The number of non-ortho nitro benzene ring substituents is 1. The van der Waals surface area contributed by atoms with E-state index in [1.165, 1.54) is 12.1 Å². The van der Waals surface area contributed by atoms with Crippen LogP contribution in [0.1, 0.15) is 0 Å². The van der Waals surface area contributed by atoms with Gasteiger partial charge < -0.3 is 15.5 Å². The number of anilines is 1. The van der Waals surface area contributed by atoms with Gasteiger partial charge >= 0.3 is 0 Å². The lowest BCUT2D eigenvalue weighted by Crippen LogP contribution is -2.48. The van der Waals surface area contributed by atoms with Crippen LogP contribution in [0.15, 0.2) is 22.7 Å². The zero-order valence-corrected chi connectivity index (χ0v) is 12.4. The van der Waals surface area contributed by atoms with Crippen molar-refractivity contribution >= 4 is 33.2 Å². The van der Waals surface area contributed by atoms with Crippen LogP contribution < -0.4 is 10.6 Å². The van der Waals surface area contributed by atoms with Crippen LogP contribution in [0.2, 0.25) is 0 Å². The Bertz CT molecular complexity index is 517. The molecule has 108 valence electrons. The zero-order valence-electron chi connectivity index (χ0n) is 10.8. The number of nitrogens with one attached hydrogen (secondary N) is 2. The summed E-state index contributed by atoms with van der Waals surface area (Å²) in [5.41, 5.74) is 0.676. The fourth-order valence-electron chi connectivity index (χ4n) is 1.96. The SMILES string of the molecule is O=C(CNc1ccc([N+](=O)[O-])cc1Br)N1CCNCC1. The van der Waals surface area contributed by atoms with E-state index in [1.54, 1.807) is 11.0 Å². The molecule has 8 heteroatoms. The number of benzene rings is 1. The smallest absolute Gasteiger partial charge is 0.270 e. The normalized spacial score (nSPS) is 14.9. The van der Waals surface area contributed by atoms with Gasteiger partial charge in [0.15, 0.2) is 0 Å². The van der Waals surface area contributed by atoms with Crippen LogP contribution in [0.4, 0.5) is 11.4 Å². The first-order valence-electron chi connectivity index (χ1n) is 6.24. The number of hydrogen-bond donors (Lipinski definition) is 2. The summed E-state index contributed by atoms with van der Waals surface area (Å²) >= 11 is 3.26.